The van der Waals surface area contributed by atoms with Crippen LogP contribution < -0.4 is 4.90 Å². The van der Waals surface area contributed by atoms with Crippen LogP contribution in [0.3, 0.4) is 0 Å². The Labute approximate surface area is 206 Å². The van der Waals surface area contributed by atoms with E-state index in [-0.39, 0.29) is 4.90 Å². The van der Waals surface area contributed by atoms with Crippen molar-refractivity contribution in [3.63, 3.8) is 0 Å². The first-order valence-electron chi connectivity index (χ1n) is 11.6. The highest BCUT2D eigenvalue weighted by Crippen LogP contribution is 2.58. The molecule has 35 heavy (non-hydrogen) atoms. The van der Waals surface area contributed by atoms with Crippen molar-refractivity contribution in [1.29, 1.82) is 0 Å². The molecule has 0 aromatic heterocycles. The van der Waals surface area contributed by atoms with Crippen LogP contribution >= 0.6 is 0 Å². The van der Waals surface area contributed by atoms with E-state index in [4.69, 9.17) is 0 Å². The van der Waals surface area contributed by atoms with Crippen LogP contribution in [-0.4, -0.2) is 14.3 Å². The van der Waals surface area contributed by atoms with Crippen LogP contribution in [0.4, 0.5) is 5.69 Å². The van der Waals surface area contributed by atoms with Gasteiger partial charge in [-0.05, 0) is 56.2 Å². The normalized spacial score (nSPS) is 19.9. The second kappa shape index (κ2) is 8.51. The predicted molar refractivity (Wildman–Crippen MR) is 139 cm³/mol. The number of hydrogen-bond acceptors (Lipinski definition) is 3. The van der Waals surface area contributed by atoms with Gasteiger partial charge in [0.15, 0.2) is 9.84 Å². The summed E-state index contributed by atoms with van der Waals surface area (Å²) in [6, 6.07) is 30.3. The molecule has 2 unspecified atom stereocenters. The third kappa shape index (κ3) is 3.50. The van der Waals surface area contributed by atoms with Crippen LogP contribution in [-0.2, 0) is 19.4 Å². The Morgan fingerprint density at radius 2 is 1.14 bits per heavy atom. The molecule has 4 aromatic rings. The Morgan fingerprint density at radius 3 is 1.69 bits per heavy atom. The van der Waals surface area contributed by atoms with Gasteiger partial charge in [0, 0.05) is 5.69 Å². The summed E-state index contributed by atoms with van der Waals surface area (Å²) in [6.07, 6.45) is 0. The zero-order valence-corrected chi connectivity index (χ0v) is 20.8. The van der Waals surface area contributed by atoms with Crippen LogP contribution in [0.5, 0.6) is 0 Å². The zero-order chi connectivity index (χ0) is 24.8. The van der Waals surface area contributed by atoms with Gasteiger partial charge >= 0.3 is 0 Å². The largest absolute Gasteiger partial charge is 0.301 e. The van der Waals surface area contributed by atoms with Crippen molar-refractivity contribution in [2.24, 2.45) is 0 Å². The van der Waals surface area contributed by atoms with Gasteiger partial charge in [-0.15, -0.1) is 0 Å². The van der Waals surface area contributed by atoms with E-state index in [1.54, 1.807) is 53.4 Å². The molecule has 1 aliphatic rings. The first-order chi connectivity index (χ1) is 16.8. The quantitative estimate of drug-likeness (QED) is 0.325. The number of β-lactam (4-membered cyclic amide) rings is 1. The van der Waals surface area contributed by atoms with Crippen LogP contribution in [0.1, 0.15) is 33.9 Å². The predicted octanol–water partition coefficient (Wildman–Crippen LogP) is 6.07. The second-order valence-electron chi connectivity index (χ2n) is 9.24. The van der Waals surface area contributed by atoms with Gasteiger partial charge in [0.2, 0.25) is 4.75 Å². The standard InChI is InChI=1S/C30H27NO3S/c1-21-9-15-24(16-10-21)28-30(25-7-5-4-6-8-25,35(33,34)27-19-13-23(3)14-20-27)29(32)31(28)26-17-11-22(2)12-18-26/h4-20,28H,1-3H3. The Hall–Kier alpha value is -3.70. The van der Waals surface area contributed by atoms with E-state index in [0.717, 1.165) is 22.3 Å². The molecular formula is C30H27NO3S. The Morgan fingerprint density at radius 1 is 0.657 bits per heavy atom. The number of carbonyl (C=O) groups is 1. The Kier molecular flexibility index (Phi) is 5.60. The van der Waals surface area contributed by atoms with Gasteiger partial charge in [0.1, 0.15) is 0 Å². The fraction of sp³-hybridized carbons (Fsp3) is 0.167. The highest BCUT2D eigenvalue weighted by Gasteiger charge is 2.70. The molecule has 0 aliphatic carbocycles. The number of aryl methyl sites for hydroxylation is 3. The molecule has 5 rings (SSSR count). The Balaban J connectivity index is 1.81. The molecule has 1 amide bonds. The van der Waals surface area contributed by atoms with Gasteiger partial charge in [-0.25, -0.2) is 8.42 Å². The number of rotatable bonds is 5. The molecule has 1 heterocycles. The first-order valence-corrected chi connectivity index (χ1v) is 13.1. The summed E-state index contributed by atoms with van der Waals surface area (Å²) in [6.45, 7) is 5.88. The highest BCUT2D eigenvalue weighted by molar-refractivity contribution is 7.93. The topological polar surface area (TPSA) is 54.5 Å². The SMILES string of the molecule is Cc1ccc(C2N(c3ccc(C)cc3)C(=O)C2(c2ccccc2)S(=O)(=O)c2ccc(C)cc2)cc1. The fourth-order valence-corrected chi connectivity index (χ4v) is 7.10. The monoisotopic (exact) mass is 481 g/mol. The van der Waals surface area contributed by atoms with Crippen LogP contribution in [0.2, 0.25) is 0 Å². The highest BCUT2D eigenvalue weighted by atomic mass is 32.2. The third-order valence-electron chi connectivity index (χ3n) is 6.84. The van der Waals surface area contributed by atoms with Gasteiger partial charge in [-0.2, -0.15) is 0 Å². The lowest BCUT2D eigenvalue weighted by Gasteiger charge is -2.55. The van der Waals surface area contributed by atoms with E-state index in [2.05, 4.69) is 0 Å². The van der Waals surface area contributed by atoms with Crippen molar-refractivity contribution >= 4 is 21.4 Å². The lowest BCUT2D eigenvalue weighted by atomic mass is 9.76. The van der Waals surface area contributed by atoms with Gasteiger partial charge < -0.3 is 4.90 Å². The van der Waals surface area contributed by atoms with Gasteiger partial charge in [-0.3, -0.25) is 4.79 Å². The van der Waals surface area contributed by atoms with E-state index < -0.39 is 26.5 Å². The van der Waals surface area contributed by atoms with E-state index in [1.165, 1.54) is 0 Å². The number of benzene rings is 4. The molecule has 1 saturated heterocycles. The van der Waals surface area contributed by atoms with Crippen molar-refractivity contribution in [3.05, 3.63) is 131 Å². The molecule has 2 atom stereocenters. The first kappa shape index (κ1) is 23.1. The number of hydrogen-bond donors (Lipinski definition) is 0. The number of anilines is 1. The average Bonchev–Trinajstić information content (AvgIpc) is 2.85. The minimum atomic E-state index is -4.13. The van der Waals surface area contributed by atoms with Crippen molar-refractivity contribution in [1.82, 2.24) is 0 Å². The maximum atomic E-state index is 14.5. The zero-order valence-electron chi connectivity index (χ0n) is 20.0. The molecule has 0 bridgehead atoms. The minimum Gasteiger partial charge on any atom is -0.301 e. The molecule has 4 aromatic carbocycles. The lowest BCUT2D eigenvalue weighted by molar-refractivity contribution is -0.128. The summed E-state index contributed by atoms with van der Waals surface area (Å²) in [5.41, 5.74) is 5.00. The van der Waals surface area contributed by atoms with Crippen LogP contribution in [0, 0.1) is 20.8 Å². The maximum Gasteiger partial charge on any atom is 0.256 e. The van der Waals surface area contributed by atoms with Crippen LogP contribution in [0.15, 0.2) is 108 Å². The van der Waals surface area contributed by atoms with E-state index in [1.807, 2.05) is 75.4 Å². The average molecular weight is 482 g/mol. The molecule has 1 fully saturated rings. The van der Waals surface area contributed by atoms with Gasteiger partial charge in [-0.1, -0.05) is 95.6 Å². The molecular weight excluding hydrogens is 454 g/mol. The fourth-order valence-electron chi connectivity index (χ4n) is 4.92. The molecule has 0 saturated carbocycles. The van der Waals surface area contributed by atoms with Crippen LogP contribution in [0.25, 0.3) is 0 Å². The smallest absolute Gasteiger partial charge is 0.256 e. The van der Waals surface area contributed by atoms with Crippen molar-refractivity contribution in [2.75, 3.05) is 4.90 Å². The van der Waals surface area contributed by atoms with Crippen molar-refractivity contribution in [3.8, 4) is 0 Å². The second-order valence-corrected chi connectivity index (χ2v) is 11.4. The van der Waals surface area contributed by atoms with Crippen molar-refractivity contribution in [2.45, 2.75) is 36.5 Å². The molecule has 4 nitrogen and oxygen atoms in total. The summed E-state index contributed by atoms with van der Waals surface area (Å²) >= 11 is 0. The van der Waals surface area contributed by atoms with Gasteiger partial charge in [0.25, 0.3) is 5.91 Å². The lowest BCUT2D eigenvalue weighted by Crippen LogP contribution is -2.69. The molecule has 5 heteroatoms. The summed E-state index contributed by atoms with van der Waals surface area (Å²) in [4.78, 5) is 16.0. The summed E-state index contributed by atoms with van der Waals surface area (Å²) in [5.74, 6) is -0.446. The number of amides is 1. The van der Waals surface area contributed by atoms with Gasteiger partial charge in [0.05, 0.1) is 10.9 Å². The van der Waals surface area contributed by atoms with E-state index in [9.17, 15) is 13.2 Å². The molecule has 0 spiro atoms. The summed E-state index contributed by atoms with van der Waals surface area (Å²) in [5, 5.41) is 0. The maximum absolute atomic E-state index is 14.5. The Bertz CT molecular complexity index is 1480. The number of nitrogens with zero attached hydrogens (tertiary/aromatic N) is 1. The third-order valence-corrected chi connectivity index (χ3v) is 9.22. The minimum absolute atomic E-state index is 0.140. The molecule has 0 radical (unpaired) electrons. The van der Waals surface area contributed by atoms with Crippen molar-refractivity contribution < 1.29 is 13.2 Å². The summed E-state index contributed by atoms with van der Waals surface area (Å²) < 4.78 is 27.2. The molecule has 176 valence electrons. The van der Waals surface area contributed by atoms with E-state index in [0.29, 0.717) is 11.3 Å². The molecule has 0 N–H and O–H groups in total. The molecule has 1 aliphatic heterocycles. The number of carbonyl (C=O) groups excluding carboxylic acids is 1. The number of sulfone groups is 1. The van der Waals surface area contributed by atoms with E-state index >= 15 is 0 Å². The summed E-state index contributed by atoms with van der Waals surface area (Å²) in [7, 11) is -4.13.